The summed E-state index contributed by atoms with van der Waals surface area (Å²) in [6.45, 7) is 3.48. The second kappa shape index (κ2) is 19.0. The number of unbranched alkanes of at least 4 members (excludes halogenated alkanes) is 13. The lowest BCUT2D eigenvalue weighted by Gasteiger charge is -2.62. The number of aliphatic hydroxyl groups is 5. The van der Waals surface area contributed by atoms with Gasteiger partial charge in [0.15, 0.2) is 11.4 Å². The molecule has 0 bridgehead atoms. The lowest BCUT2D eigenvalue weighted by atomic mass is 9.48. The van der Waals surface area contributed by atoms with Gasteiger partial charge in [-0.3, -0.25) is 4.79 Å². The summed E-state index contributed by atoms with van der Waals surface area (Å²) in [4.78, 5) is 14.1. The third-order valence-corrected chi connectivity index (χ3v) is 9.52. The van der Waals surface area contributed by atoms with Crippen molar-refractivity contribution in [2.24, 2.45) is 5.73 Å². The van der Waals surface area contributed by atoms with E-state index >= 15 is 0 Å². The Labute approximate surface area is 260 Å². The van der Waals surface area contributed by atoms with Gasteiger partial charge in [0.1, 0.15) is 17.8 Å². The van der Waals surface area contributed by atoms with Gasteiger partial charge in [0.25, 0.3) is 0 Å². The van der Waals surface area contributed by atoms with Crippen molar-refractivity contribution in [1.29, 1.82) is 0 Å². The normalized spacial score (nSPS) is 25.9. The summed E-state index contributed by atoms with van der Waals surface area (Å²) in [5.74, 6) is -2.04. The van der Waals surface area contributed by atoms with Crippen LogP contribution in [0.3, 0.4) is 0 Å². The third-order valence-electron chi connectivity index (χ3n) is 9.52. The van der Waals surface area contributed by atoms with Crippen molar-refractivity contribution in [3.63, 3.8) is 0 Å². The van der Waals surface area contributed by atoms with E-state index in [1.807, 2.05) is 0 Å². The average molecular weight is 604 g/mol. The molecule has 0 radical (unpaired) electrons. The minimum absolute atomic E-state index is 0.362. The van der Waals surface area contributed by atoms with Crippen LogP contribution < -0.4 is 5.73 Å². The second-order valence-corrected chi connectivity index (χ2v) is 12.9. The number of Topliss-reactive ketones (excluding diaryl/α,β-unsaturated/α-hetero) is 1. The van der Waals surface area contributed by atoms with E-state index in [0.717, 1.165) is 44.9 Å². The van der Waals surface area contributed by atoms with Crippen LogP contribution >= 0.6 is 0 Å². The van der Waals surface area contributed by atoms with Crippen LogP contribution in [0.15, 0.2) is 42.5 Å². The standard InChI is InChI=1S/C36H61NO6/c1-3-5-7-8-9-10-11-12-13-14-15-16-17-18-23-27-34(37,26-22-6-4-2)32(40)36(43)31(29-24-20-19-21-25-29)35(42,33(36)41)30(39)28-38/h12-13,19-21,24-25,30-31,33,38-39,41-43H,3-11,14-18,22-23,26-28,37H2,1-2H3/b13-12-/t30-,31?,33+,34?,35+,36+/m1/s1. The summed E-state index contributed by atoms with van der Waals surface area (Å²) in [7, 11) is 0. The van der Waals surface area contributed by atoms with Gasteiger partial charge in [-0.15, -0.1) is 0 Å². The first-order valence-electron chi connectivity index (χ1n) is 17.1. The molecule has 2 unspecified atom stereocenters. The fourth-order valence-corrected chi connectivity index (χ4v) is 6.82. The predicted molar refractivity (Wildman–Crippen MR) is 174 cm³/mol. The highest BCUT2D eigenvalue weighted by Crippen LogP contribution is 2.57. The molecule has 246 valence electrons. The number of benzene rings is 1. The molecule has 1 saturated carbocycles. The molecule has 0 heterocycles. The molecule has 6 atom stereocenters. The highest BCUT2D eigenvalue weighted by molar-refractivity contribution is 5.99. The first-order valence-corrected chi connectivity index (χ1v) is 17.1. The first kappa shape index (κ1) is 37.6. The van der Waals surface area contributed by atoms with Crippen molar-refractivity contribution in [3.05, 3.63) is 48.0 Å². The molecule has 0 aromatic heterocycles. The van der Waals surface area contributed by atoms with E-state index < -0.39 is 47.3 Å². The maximum atomic E-state index is 14.1. The van der Waals surface area contributed by atoms with Crippen LogP contribution in [-0.4, -0.2) is 66.9 Å². The van der Waals surface area contributed by atoms with E-state index in [1.54, 1.807) is 30.3 Å². The number of rotatable bonds is 24. The molecular weight excluding hydrogens is 542 g/mol. The lowest BCUT2D eigenvalue weighted by Crippen LogP contribution is -2.85. The van der Waals surface area contributed by atoms with Crippen LogP contribution in [0.5, 0.6) is 0 Å². The third kappa shape index (κ3) is 9.69. The summed E-state index contributed by atoms with van der Waals surface area (Å²) < 4.78 is 0. The van der Waals surface area contributed by atoms with Gasteiger partial charge in [-0.2, -0.15) is 0 Å². The number of aliphatic hydroxyl groups excluding tert-OH is 3. The minimum atomic E-state index is -2.39. The Balaban J connectivity index is 1.95. The summed E-state index contributed by atoms with van der Waals surface area (Å²) in [6.07, 6.45) is 19.2. The number of hydrogen-bond donors (Lipinski definition) is 6. The number of carbonyl (C=O) groups is 1. The average Bonchev–Trinajstić information content (AvgIpc) is 3.02. The number of nitrogens with two attached hydrogens (primary N) is 1. The Morgan fingerprint density at radius 3 is 1.84 bits per heavy atom. The largest absolute Gasteiger partial charge is 0.394 e. The zero-order valence-corrected chi connectivity index (χ0v) is 26.9. The molecule has 7 N–H and O–H groups in total. The Hall–Kier alpha value is -1.61. The van der Waals surface area contributed by atoms with Crippen molar-refractivity contribution < 1.29 is 30.3 Å². The molecule has 2 rings (SSSR count). The molecule has 1 aliphatic carbocycles. The Kier molecular flexibility index (Phi) is 16.6. The molecule has 1 aromatic rings. The molecule has 1 aliphatic rings. The maximum absolute atomic E-state index is 14.1. The molecule has 0 amide bonds. The van der Waals surface area contributed by atoms with E-state index in [-0.39, 0.29) is 0 Å². The van der Waals surface area contributed by atoms with Gasteiger partial charge in [0.2, 0.25) is 0 Å². The van der Waals surface area contributed by atoms with Crippen molar-refractivity contribution in [2.75, 3.05) is 6.61 Å². The van der Waals surface area contributed by atoms with E-state index in [2.05, 4.69) is 26.0 Å². The molecule has 0 saturated heterocycles. The predicted octanol–water partition coefficient (Wildman–Crippen LogP) is 5.84. The van der Waals surface area contributed by atoms with Crippen molar-refractivity contribution in [3.8, 4) is 0 Å². The van der Waals surface area contributed by atoms with Gasteiger partial charge >= 0.3 is 0 Å². The minimum Gasteiger partial charge on any atom is -0.394 e. The zero-order chi connectivity index (χ0) is 31.8. The first-order chi connectivity index (χ1) is 20.6. The van der Waals surface area contributed by atoms with E-state index in [4.69, 9.17) is 5.73 Å². The van der Waals surface area contributed by atoms with Crippen LogP contribution in [0.1, 0.15) is 141 Å². The molecule has 7 nitrogen and oxygen atoms in total. The van der Waals surface area contributed by atoms with Gasteiger partial charge in [-0.05, 0) is 44.1 Å². The van der Waals surface area contributed by atoms with E-state index in [0.29, 0.717) is 31.2 Å². The van der Waals surface area contributed by atoms with Gasteiger partial charge in [-0.25, -0.2) is 0 Å². The zero-order valence-electron chi connectivity index (χ0n) is 26.9. The summed E-state index contributed by atoms with van der Waals surface area (Å²) in [5.41, 5.74) is 1.12. The number of allylic oxidation sites excluding steroid dienone is 2. The van der Waals surface area contributed by atoms with Crippen LogP contribution in [0.25, 0.3) is 0 Å². The molecule has 0 spiro atoms. The maximum Gasteiger partial charge on any atom is 0.187 e. The van der Waals surface area contributed by atoms with Crippen molar-refractivity contribution >= 4 is 5.78 Å². The SMILES string of the molecule is CCCCCCCC/C=C\CCCCCCCC(N)(CCCCC)C(=O)[C@@]1(O)C(c2ccccc2)[C@@](O)([C@H](O)CO)[C@@H]1O. The topological polar surface area (TPSA) is 144 Å². The Bertz CT molecular complexity index is 941. The van der Waals surface area contributed by atoms with E-state index in [9.17, 15) is 30.3 Å². The Morgan fingerprint density at radius 1 is 0.837 bits per heavy atom. The molecule has 1 aromatic carbocycles. The number of ketones is 1. The van der Waals surface area contributed by atoms with Crippen LogP contribution in [0.4, 0.5) is 0 Å². The fourth-order valence-electron chi connectivity index (χ4n) is 6.82. The summed E-state index contributed by atoms with van der Waals surface area (Å²) in [6, 6.07) is 8.40. The monoisotopic (exact) mass is 603 g/mol. The summed E-state index contributed by atoms with van der Waals surface area (Å²) in [5, 5.41) is 54.3. The Morgan fingerprint density at radius 2 is 1.30 bits per heavy atom. The number of hydrogen-bond acceptors (Lipinski definition) is 7. The quantitative estimate of drug-likeness (QED) is 0.0643. The molecule has 7 heteroatoms. The highest BCUT2D eigenvalue weighted by Gasteiger charge is 2.77. The molecule has 1 fully saturated rings. The fraction of sp³-hybridized carbons (Fsp3) is 0.750. The van der Waals surface area contributed by atoms with Gasteiger partial charge < -0.3 is 31.3 Å². The van der Waals surface area contributed by atoms with Gasteiger partial charge in [-0.1, -0.05) is 133 Å². The van der Waals surface area contributed by atoms with Crippen molar-refractivity contribution in [2.45, 2.75) is 164 Å². The highest BCUT2D eigenvalue weighted by atomic mass is 16.4. The van der Waals surface area contributed by atoms with Crippen LogP contribution in [-0.2, 0) is 4.79 Å². The van der Waals surface area contributed by atoms with E-state index in [1.165, 1.54) is 44.9 Å². The lowest BCUT2D eigenvalue weighted by molar-refractivity contribution is -0.309. The van der Waals surface area contributed by atoms with Gasteiger partial charge in [0, 0.05) is 0 Å². The van der Waals surface area contributed by atoms with Gasteiger partial charge in [0.05, 0.1) is 18.1 Å². The second-order valence-electron chi connectivity index (χ2n) is 12.9. The summed E-state index contributed by atoms with van der Waals surface area (Å²) >= 11 is 0. The number of carbonyl (C=O) groups excluding carboxylic acids is 1. The molecule has 43 heavy (non-hydrogen) atoms. The molecular formula is C36H61NO6. The smallest absolute Gasteiger partial charge is 0.187 e. The van der Waals surface area contributed by atoms with Crippen LogP contribution in [0, 0.1) is 0 Å². The van der Waals surface area contributed by atoms with Crippen LogP contribution in [0.2, 0.25) is 0 Å². The van der Waals surface area contributed by atoms with Crippen molar-refractivity contribution in [1.82, 2.24) is 0 Å². The molecule has 0 aliphatic heterocycles.